The summed E-state index contributed by atoms with van der Waals surface area (Å²) in [5.74, 6) is 0.212. The third-order valence-corrected chi connectivity index (χ3v) is 5.44. The summed E-state index contributed by atoms with van der Waals surface area (Å²) in [6, 6.07) is 17.0. The molecule has 2 aromatic rings. The van der Waals surface area contributed by atoms with E-state index in [1.807, 2.05) is 59.5 Å². The van der Waals surface area contributed by atoms with E-state index in [2.05, 4.69) is 0 Å². The van der Waals surface area contributed by atoms with E-state index in [1.165, 1.54) is 4.90 Å². The Kier molecular flexibility index (Phi) is 8.41. The molecule has 0 radical (unpaired) electrons. The Morgan fingerprint density at radius 2 is 1.44 bits per heavy atom. The highest BCUT2D eigenvalue weighted by Crippen LogP contribution is 2.31. The number of carbonyl (C=O) groups is 2. The monoisotopic (exact) mass is 438 g/mol. The Labute approximate surface area is 189 Å². The Hall–Kier alpha value is -3.16. The standard InChI is InChI=1S/C25H30N2O5/c1-30-17-15-26(16-18-31-2)23-22(20-7-5-4-6-8-20)24(28)27(25(23)29)14-13-19-9-11-21(32-3)12-10-19/h4-12H,13-18H2,1-3H3. The molecule has 0 fully saturated rings. The Balaban J connectivity index is 1.89. The molecular weight excluding hydrogens is 408 g/mol. The van der Waals surface area contributed by atoms with Gasteiger partial charge in [0.25, 0.3) is 11.8 Å². The van der Waals surface area contributed by atoms with E-state index in [-0.39, 0.29) is 11.8 Å². The van der Waals surface area contributed by atoms with E-state index in [4.69, 9.17) is 14.2 Å². The first-order valence-electron chi connectivity index (χ1n) is 10.6. The van der Waals surface area contributed by atoms with Gasteiger partial charge in [-0.3, -0.25) is 14.5 Å². The highest BCUT2D eigenvalue weighted by Gasteiger charge is 2.41. The zero-order valence-corrected chi connectivity index (χ0v) is 18.9. The molecule has 0 saturated heterocycles. The summed E-state index contributed by atoms with van der Waals surface area (Å²) in [5, 5.41) is 0. The molecule has 0 unspecified atom stereocenters. The largest absolute Gasteiger partial charge is 0.497 e. The molecule has 7 heteroatoms. The minimum atomic E-state index is -0.283. The summed E-state index contributed by atoms with van der Waals surface area (Å²) in [6.45, 7) is 2.13. The summed E-state index contributed by atoms with van der Waals surface area (Å²) < 4.78 is 15.7. The van der Waals surface area contributed by atoms with E-state index in [0.717, 1.165) is 16.9 Å². The zero-order chi connectivity index (χ0) is 22.9. The van der Waals surface area contributed by atoms with E-state index in [1.54, 1.807) is 21.3 Å². The number of methoxy groups -OCH3 is 3. The number of hydrogen-bond acceptors (Lipinski definition) is 6. The number of benzene rings is 2. The molecule has 0 aromatic heterocycles. The number of ether oxygens (including phenoxy) is 3. The number of carbonyl (C=O) groups excluding carboxylic acids is 2. The maximum absolute atomic E-state index is 13.5. The molecule has 7 nitrogen and oxygen atoms in total. The van der Waals surface area contributed by atoms with Gasteiger partial charge in [-0.15, -0.1) is 0 Å². The topological polar surface area (TPSA) is 68.3 Å². The number of imide groups is 1. The second kappa shape index (κ2) is 11.5. The Bertz CT molecular complexity index is 933. The molecule has 0 bridgehead atoms. The molecule has 2 aromatic carbocycles. The smallest absolute Gasteiger partial charge is 0.277 e. The molecule has 1 aliphatic rings. The van der Waals surface area contributed by atoms with Gasteiger partial charge in [0.15, 0.2) is 0 Å². The molecule has 3 rings (SSSR count). The first-order valence-corrected chi connectivity index (χ1v) is 10.6. The second-order valence-corrected chi connectivity index (χ2v) is 7.42. The lowest BCUT2D eigenvalue weighted by Crippen LogP contribution is -2.38. The van der Waals surface area contributed by atoms with Gasteiger partial charge in [-0.1, -0.05) is 42.5 Å². The van der Waals surface area contributed by atoms with Crippen LogP contribution in [-0.2, 0) is 25.5 Å². The molecule has 0 saturated carbocycles. The Morgan fingerprint density at radius 3 is 2.00 bits per heavy atom. The molecule has 0 spiro atoms. The lowest BCUT2D eigenvalue weighted by Gasteiger charge is -2.25. The molecule has 0 atom stereocenters. The van der Waals surface area contributed by atoms with E-state index in [9.17, 15) is 9.59 Å². The van der Waals surface area contributed by atoms with Crippen LogP contribution >= 0.6 is 0 Å². The number of rotatable bonds is 12. The average Bonchev–Trinajstić information content (AvgIpc) is 3.08. The first-order chi connectivity index (χ1) is 15.6. The summed E-state index contributed by atoms with van der Waals surface area (Å²) in [6.07, 6.45) is 0.562. The molecule has 32 heavy (non-hydrogen) atoms. The van der Waals surface area contributed by atoms with Gasteiger partial charge in [0.1, 0.15) is 11.4 Å². The zero-order valence-electron chi connectivity index (χ0n) is 18.9. The third-order valence-electron chi connectivity index (χ3n) is 5.44. The van der Waals surface area contributed by atoms with Crippen LogP contribution in [0.5, 0.6) is 5.75 Å². The molecule has 0 aliphatic carbocycles. The van der Waals surface area contributed by atoms with Crippen molar-refractivity contribution in [3.63, 3.8) is 0 Å². The van der Waals surface area contributed by atoms with Crippen LogP contribution in [0.3, 0.4) is 0 Å². The van der Waals surface area contributed by atoms with Gasteiger partial charge in [-0.2, -0.15) is 0 Å². The van der Waals surface area contributed by atoms with Crippen LogP contribution in [0.4, 0.5) is 0 Å². The normalized spacial score (nSPS) is 13.8. The Morgan fingerprint density at radius 1 is 0.812 bits per heavy atom. The highest BCUT2D eigenvalue weighted by atomic mass is 16.5. The fraction of sp³-hybridized carbons (Fsp3) is 0.360. The van der Waals surface area contributed by atoms with Crippen molar-refractivity contribution in [2.24, 2.45) is 0 Å². The number of nitrogens with zero attached hydrogens (tertiary/aromatic N) is 2. The van der Waals surface area contributed by atoms with Gasteiger partial charge in [-0.05, 0) is 29.7 Å². The van der Waals surface area contributed by atoms with Crippen molar-refractivity contribution >= 4 is 17.4 Å². The van der Waals surface area contributed by atoms with Crippen LogP contribution in [0.25, 0.3) is 5.57 Å². The predicted octanol–water partition coefficient (Wildman–Crippen LogP) is 2.61. The van der Waals surface area contributed by atoms with Crippen molar-refractivity contribution in [2.45, 2.75) is 6.42 Å². The summed E-state index contributed by atoms with van der Waals surface area (Å²) in [5.41, 5.74) is 2.59. The van der Waals surface area contributed by atoms with Gasteiger partial charge >= 0.3 is 0 Å². The van der Waals surface area contributed by atoms with Crippen LogP contribution in [0, 0.1) is 0 Å². The van der Waals surface area contributed by atoms with E-state index < -0.39 is 0 Å². The van der Waals surface area contributed by atoms with Gasteiger partial charge in [0.2, 0.25) is 0 Å². The molecule has 1 aliphatic heterocycles. The third kappa shape index (κ3) is 5.36. The molecular formula is C25H30N2O5. The molecule has 170 valence electrons. The van der Waals surface area contributed by atoms with Gasteiger partial charge < -0.3 is 19.1 Å². The maximum Gasteiger partial charge on any atom is 0.277 e. The second-order valence-electron chi connectivity index (χ2n) is 7.42. The minimum Gasteiger partial charge on any atom is -0.497 e. The van der Waals surface area contributed by atoms with Gasteiger partial charge in [0, 0.05) is 33.9 Å². The molecule has 0 N–H and O–H groups in total. The fourth-order valence-corrected chi connectivity index (χ4v) is 3.70. The molecule has 2 amide bonds. The summed E-state index contributed by atoms with van der Waals surface area (Å²) in [4.78, 5) is 30.2. The lowest BCUT2D eigenvalue weighted by atomic mass is 10.0. The van der Waals surface area contributed by atoms with Gasteiger partial charge in [0.05, 0.1) is 25.9 Å². The minimum absolute atomic E-state index is 0.274. The first kappa shape index (κ1) is 23.5. The van der Waals surface area contributed by atoms with Crippen LogP contribution in [0.2, 0.25) is 0 Å². The van der Waals surface area contributed by atoms with Crippen molar-refractivity contribution in [3.8, 4) is 5.75 Å². The highest BCUT2D eigenvalue weighted by molar-refractivity contribution is 6.35. The van der Waals surface area contributed by atoms with Gasteiger partial charge in [-0.25, -0.2) is 0 Å². The van der Waals surface area contributed by atoms with Crippen LogP contribution in [-0.4, -0.2) is 75.8 Å². The average molecular weight is 439 g/mol. The van der Waals surface area contributed by atoms with Crippen molar-refractivity contribution < 1.29 is 23.8 Å². The quantitative estimate of drug-likeness (QED) is 0.475. The SMILES string of the molecule is COCCN(CCOC)C1=C(c2ccccc2)C(=O)N(CCc2ccc(OC)cc2)C1=O. The summed E-state index contributed by atoms with van der Waals surface area (Å²) >= 11 is 0. The summed E-state index contributed by atoms with van der Waals surface area (Å²) in [7, 11) is 4.85. The molecule has 1 heterocycles. The maximum atomic E-state index is 13.5. The number of hydrogen-bond donors (Lipinski definition) is 0. The van der Waals surface area contributed by atoms with Crippen molar-refractivity contribution in [1.82, 2.24) is 9.80 Å². The van der Waals surface area contributed by atoms with Crippen molar-refractivity contribution in [3.05, 3.63) is 71.4 Å². The lowest BCUT2D eigenvalue weighted by molar-refractivity contribution is -0.137. The van der Waals surface area contributed by atoms with Crippen molar-refractivity contribution in [2.75, 3.05) is 54.2 Å². The fourth-order valence-electron chi connectivity index (χ4n) is 3.70. The van der Waals surface area contributed by atoms with Crippen molar-refractivity contribution in [1.29, 1.82) is 0 Å². The van der Waals surface area contributed by atoms with E-state index >= 15 is 0 Å². The van der Waals surface area contributed by atoms with Crippen LogP contribution in [0.1, 0.15) is 11.1 Å². The van der Waals surface area contributed by atoms with Crippen LogP contribution < -0.4 is 4.74 Å². The number of amides is 2. The van der Waals surface area contributed by atoms with Crippen LogP contribution in [0.15, 0.2) is 60.3 Å². The predicted molar refractivity (Wildman–Crippen MR) is 122 cm³/mol. The van der Waals surface area contributed by atoms with E-state index in [0.29, 0.717) is 50.5 Å².